The number of amides is 2. The maximum Gasteiger partial charge on any atom is 0.266 e. The number of thiocarbonyl (C=S) groups is 1. The number of allylic oxidation sites excluding steroid dienone is 2. The fraction of sp³-hybridized carbons (Fsp3) is 0.136. The van der Waals surface area contributed by atoms with Gasteiger partial charge in [0, 0.05) is 22.2 Å². The van der Waals surface area contributed by atoms with Crippen molar-refractivity contribution in [3.05, 3.63) is 80.8 Å². The molecule has 148 valence electrons. The van der Waals surface area contributed by atoms with Gasteiger partial charge in [-0.3, -0.25) is 14.5 Å². The van der Waals surface area contributed by atoms with Crippen LogP contribution in [0.15, 0.2) is 71.7 Å². The molecule has 2 aromatic carbocycles. The van der Waals surface area contributed by atoms with Crippen molar-refractivity contribution in [1.29, 1.82) is 0 Å². The molecule has 1 N–H and O–H groups in total. The highest BCUT2D eigenvalue weighted by Gasteiger charge is 2.31. The monoisotopic (exact) mass is 534 g/mol. The van der Waals surface area contributed by atoms with Crippen LogP contribution in [0.2, 0.25) is 0 Å². The lowest BCUT2D eigenvalue weighted by molar-refractivity contribution is -0.122. The molecule has 0 aromatic heterocycles. The largest absolute Gasteiger partial charge is 0.326 e. The number of hydrogen-bond donors (Lipinski definition) is 1. The van der Waals surface area contributed by atoms with Gasteiger partial charge in [0.25, 0.3) is 5.91 Å². The van der Waals surface area contributed by atoms with E-state index in [-0.39, 0.29) is 11.8 Å². The summed E-state index contributed by atoms with van der Waals surface area (Å²) in [4.78, 5) is 26.8. The Hall–Kier alpha value is -1.97. The van der Waals surface area contributed by atoms with Crippen LogP contribution in [0.5, 0.6) is 0 Å². The first-order chi connectivity index (χ1) is 14.0. The van der Waals surface area contributed by atoms with E-state index in [0.29, 0.717) is 28.6 Å². The Morgan fingerprint density at radius 2 is 1.86 bits per heavy atom. The van der Waals surface area contributed by atoms with E-state index in [1.807, 2.05) is 66.7 Å². The van der Waals surface area contributed by atoms with Crippen LogP contribution in [-0.4, -0.2) is 27.6 Å². The van der Waals surface area contributed by atoms with Crippen molar-refractivity contribution < 1.29 is 9.59 Å². The van der Waals surface area contributed by atoms with E-state index < -0.39 is 0 Å². The molecule has 0 bridgehead atoms. The van der Waals surface area contributed by atoms with Crippen molar-refractivity contribution in [1.82, 2.24) is 4.90 Å². The van der Waals surface area contributed by atoms with Gasteiger partial charge in [-0.1, -0.05) is 66.5 Å². The Morgan fingerprint density at radius 1 is 1.14 bits per heavy atom. The Bertz CT molecular complexity index is 957. The van der Waals surface area contributed by atoms with Crippen LogP contribution < -0.4 is 5.32 Å². The van der Waals surface area contributed by atoms with Crippen LogP contribution in [0.4, 0.5) is 5.69 Å². The van der Waals surface area contributed by atoms with E-state index in [0.717, 1.165) is 14.8 Å². The average Bonchev–Trinajstić information content (AvgIpc) is 2.98. The summed E-state index contributed by atoms with van der Waals surface area (Å²) in [6.45, 7) is 0.435. The maximum atomic E-state index is 12.6. The predicted molar refractivity (Wildman–Crippen MR) is 132 cm³/mol. The third-order valence-electron chi connectivity index (χ3n) is 4.12. The first-order valence-electron chi connectivity index (χ1n) is 9.05. The summed E-state index contributed by atoms with van der Waals surface area (Å²) in [7, 11) is 0. The van der Waals surface area contributed by atoms with Gasteiger partial charge in [-0.05, 0) is 64.9 Å². The van der Waals surface area contributed by atoms with Crippen LogP contribution in [0.25, 0.3) is 6.08 Å². The minimum Gasteiger partial charge on any atom is -0.326 e. The fourth-order valence-corrected chi connectivity index (χ4v) is 4.29. The van der Waals surface area contributed by atoms with E-state index in [2.05, 4.69) is 27.9 Å². The lowest BCUT2D eigenvalue weighted by Crippen LogP contribution is -2.29. The van der Waals surface area contributed by atoms with Gasteiger partial charge in [-0.25, -0.2) is 0 Å². The SMILES string of the molecule is O=C(CCCN1C(=O)C(=CC=Cc2ccccc2)SC1=S)Nc1ccc(I)cc1. The molecule has 1 aliphatic heterocycles. The van der Waals surface area contributed by atoms with Crippen molar-refractivity contribution >= 4 is 74.5 Å². The van der Waals surface area contributed by atoms with Crippen molar-refractivity contribution in [2.24, 2.45) is 0 Å². The van der Waals surface area contributed by atoms with Crippen LogP contribution >= 0.6 is 46.6 Å². The lowest BCUT2D eigenvalue weighted by atomic mass is 10.2. The quantitative estimate of drug-likeness (QED) is 0.291. The second-order valence-corrected chi connectivity index (χ2v) is 9.21. The normalized spacial score (nSPS) is 15.5. The topological polar surface area (TPSA) is 49.4 Å². The molecule has 1 heterocycles. The minimum atomic E-state index is -0.101. The molecule has 2 amide bonds. The van der Waals surface area contributed by atoms with E-state index >= 15 is 0 Å². The first-order valence-corrected chi connectivity index (χ1v) is 11.4. The second kappa shape index (κ2) is 10.7. The van der Waals surface area contributed by atoms with Crippen LogP contribution in [0.1, 0.15) is 18.4 Å². The number of hydrogen-bond acceptors (Lipinski definition) is 4. The molecule has 1 saturated heterocycles. The summed E-state index contributed by atoms with van der Waals surface area (Å²) in [6.07, 6.45) is 6.47. The molecule has 0 spiro atoms. The number of benzene rings is 2. The van der Waals surface area contributed by atoms with Gasteiger partial charge < -0.3 is 5.32 Å². The highest BCUT2D eigenvalue weighted by atomic mass is 127. The van der Waals surface area contributed by atoms with Gasteiger partial charge in [0.1, 0.15) is 4.32 Å². The number of halogens is 1. The number of carbonyl (C=O) groups is 2. The van der Waals surface area contributed by atoms with E-state index in [1.54, 1.807) is 11.0 Å². The van der Waals surface area contributed by atoms with Crippen LogP contribution in [0, 0.1) is 3.57 Å². The molecule has 4 nitrogen and oxygen atoms in total. The van der Waals surface area contributed by atoms with Gasteiger partial charge in [0.2, 0.25) is 5.91 Å². The van der Waals surface area contributed by atoms with Crippen molar-refractivity contribution in [3.8, 4) is 0 Å². The van der Waals surface area contributed by atoms with Gasteiger partial charge in [-0.2, -0.15) is 0 Å². The molecule has 1 aliphatic rings. The molecular formula is C22H19IN2O2S2. The molecule has 0 saturated carbocycles. The van der Waals surface area contributed by atoms with Crippen LogP contribution in [0.3, 0.4) is 0 Å². The summed E-state index contributed by atoms with van der Waals surface area (Å²) in [5, 5.41) is 2.86. The second-order valence-electron chi connectivity index (χ2n) is 6.28. The zero-order valence-electron chi connectivity index (χ0n) is 15.5. The van der Waals surface area contributed by atoms with Crippen LogP contribution in [-0.2, 0) is 9.59 Å². The van der Waals surface area contributed by atoms with Gasteiger partial charge in [0.05, 0.1) is 4.91 Å². The van der Waals surface area contributed by atoms with Crippen molar-refractivity contribution in [3.63, 3.8) is 0 Å². The molecule has 7 heteroatoms. The van der Waals surface area contributed by atoms with Gasteiger partial charge in [-0.15, -0.1) is 0 Å². The van der Waals surface area contributed by atoms with Gasteiger partial charge in [0.15, 0.2) is 0 Å². The molecule has 1 fully saturated rings. The first kappa shape index (κ1) is 21.7. The lowest BCUT2D eigenvalue weighted by Gasteiger charge is -2.14. The summed E-state index contributed by atoms with van der Waals surface area (Å²) in [5.41, 5.74) is 1.84. The van der Waals surface area contributed by atoms with Crippen molar-refractivity contribution in [2.75, 3.05) is 11.9 Å². The maximum absolute atomic E-state index is 12.6. The summed E-state index contributed by atoms with van der Waals surface area (Å²) in [6, 6.07) is 17.5. The molecule has 0 unspecified atom stereocenters. The fourth-order valence-electron chi connectivity index (χ4n) is 2.67. The molecule has 3 rings (SSSR count). The van der Waals surface area contributed by atoms with E-state index in [9.17, 15) is 9.59 Å². The molecule has 0 atom stereocenters. The number of nitrogens with one attached hydrogen (secondary N) is 1. The summed E-state index contributed by atoms with van der Waals surface area (Å²) in [5.74, 6) is -0.172. The molecule has 29 heavy (non-hydrogen) atoms. The van der Waals surface area contributed by atoms with Crippen molar-refractivity contribution in [2.45, 2.75) is 12.8 Å². The zero-order valence-corrected chi connectivity index (χ0v) is 19.3. The number of anilines is 1. The predicted octanol–water partition coefficient (Wildman–Crippen LogP) is 5.47. The van der Waals surface area contributed by atoms with Gasteiger partial charge >= 0.3 is 0 Å². The molecular weight excluding hydrogens is 515 g/mol. The minimum absolute atomic E-state index is 0.0713. The number of nitrogens with zero attached hydrogens (tertiary/aromatic N) is 1. The Kier molecular flexibility index (Phi) is 8.02. The third-order valence-corrected chi connectivity index (χ3v) is 6.24. The summed E-state index contributed by atoms with van der Waals surface area (Å²) < 4.78 is 1.65. The smallest absolute Gasteiger partial charge is 0.266 e. The zero-order chi connectivity index (χ0) is 20.6. The third kappa shape index (κ3) is 6.52. The van der Waals surface area contributed by atoms with E-state index in [1.165, 1.54) is 11.8 Å². The number of thioether (sulfide) groups is 1. The Labute approximate surface area is 193 Å². The highest BCUT2D eigenvalue weighted by molar-refractivity contribution is 14.1. The average molecular weight is 534 g/mol. The summed E-state index contributed by atoms with van der Waals surface area (Å²) >= 11 is 8.85. The van der Waals surface area contributed by atoms with E-state index in [4.69, 9.17) is 12.2 Å². The Balaban J connectivity index is 1.48. The molecule has 2 aromatic rings. The molecule has 0 radical (unpaired) electrons. The number of carbonyl (C=O) groups excluding carboxylic acids is 2. The standard InChI is InChI=1S/C22H19IN2O2S2/c23-17-11-13-18(14-12-17)24-20(26)10-5-15-25-21(27)19(29-22(25)28)9-4-8-16-6-2-1-3-7-16/h1-4,6-9,11-14H,5,10,15H2,(H,24,26). The molecule has 0 aliphatic carbocycles. The number of rotatable bonds is 7. The highest BCUT2D eigenvalue weighted by Crippen LogP contribution is 2.31. The Morgan fingerprint density at radius 3 is 2.59 bits per heavy atom.